The Morgan fingerprint density at radius 2 is 0.581 bits per heavy atom. The first-order valence-corrected chi connectivity index (χ1v) is 19.0. The molecule has 6 nitrogen and oxygen atoms in total. The number of rotatable bonds is 34. The van der Waals surface area contributed by atoms with Crippen molar-refractivity contribution < 1.29 is 19.1 Å². The highest BCUT2D eigenvalue weighted by atomic mass is 16.6. The van der Waals surface area contributed by atoms with Gasteiger partial charge in [0.05, 0.1) is 13.2 Å². The lowest BCUT2D eigenvalue weighted by Gasteiger charge is -2.09. The van der Waals surface area contributed by atoms with Crippen LogP contribution in [0.4, 0.5) is 9.59 Å². The van der Waals surface area contributed by atoms with Gasteiger partial charge in [-0.25, -0.2) is 9.59 Å². The molecule has 0 aliphatic carbocycles. The molecule has 0 saturated heterocycles. The van der Waals surface area contributed by atoms with Gasteiger partial charge in [-0.3, -0.25) is 0 Å². The second kappa shape index (κ2) is 36.7. The molecular formula is C37H74N2O4. The molecule has 0 fully saturated rings. The van der Waals surface area contributed by atoms with E-state index >= 15 is 0 Å². The average Bonchev–Trinajstić information content (AvgIpc) is 3.00. The molecule has 0 aliphatic rings. The molecule has 0 aromatic carbocycles. The zero-order valence-electron chi connectivity index (χ0n) is 29.0. The van der Waals surface area contributed by atoms with Crippen molar-refractivity contribution in [1.29, 1.82) is 0 Å². The third-order valence-electron chi connectivity index (χ3n) is 8.35. The predicted octanol–water partition coefficient (Wildman–Crippen LogP) is 11.8. The maximum Gasteiger partial charge on any atom is 0.407 e. The number of nitrogens with one attached hydrogen (secondary N) is 2. The molecule has 2 N–H and O–H groups in total. The second-order valence-corrected chi connectivity index (χ2v) is 12.7. The molecule has 0 saturated carbocycles. The summed E-state index contributed by atoms with van der Waals surface area (Å²) >= 11 is 0. The molecule has 6 heteroatoms. The number of carbonyl (C=O) groups excluding carboxylic acids is 2. The van der Waals surface area contributed by atoms with Crippen molar-refractivity contribution in [2.45, 2.75) is 200 Å². The van der Waals surface area contributed by atoms with Gasteiger partial charge in [0.15, 0.2) is 0 Å². The van der Waals surface area contributed by atoms with Crippen molar-refractivity contribution >= 4 is 12.2 Å². The highest BCUT2D eigenvalue weighted by molar-refractivity contribution is 5.67. The van der Waals surface area contributed by atoms with Gasteiger partial charge in [0.2, 0.25) is 0 Å². The van der Waals surface area contributed by atoms with Crippen LogP contribution in [0.3, 0.4) is 0 Å². The summed E-state index contributed by atoms with van der Waals surface area (Å²) in [7, 11) is 0. The van der Waals surface area contributed by atoms with Crippen LogP contribution in [0.2, 0.25) is 0 Å². The quantitative estimate of drug-likeness (QED) is 0.0710. The fraction of sp³-hybridized carbons (Fsp3) is 0.946. The van der Waals surface area contributed by atoms with Gasteiger partial charge in [0.25, 0.3) is 0 Å². The van der Waals surface area contributed by atoms with E-state index in [0.29, 0.717) is 19.5 Å². The van der Waals surface area contributed by atoms with Crippen molar-refractivity contribution in [3.8, 4) is 0 Å². The van der Waals surface area contributed by atoms with E-state index in [1.807, 2.05) is 0 Å². The van der Waals surface area contributed by atoms with Crippen LogP contribution in [0.5, 0.6) is 0 Å². The minimum atomic E-state index is -0.378. The summed E-state index contributed by atoms with van der Waals surface area (Å²) in [6.07, 6.45) is 36.9. The van der Waals surface area contributed by atoms with Crippen LogP contribution in [-0.2, 0) is 9.47 Å². The van der Waals surface area contributed by atoms with Gasteiger partial charge >= 0.3 is 12.2 Å². The molecule has 0 aliphatic heterocycles. The number of alkyl carbamates (subject to hydrolysis) is 2. The van der Waals surface area contributed by atoms with Crippen molar-refractivity contribution in [1.82, 2.24) is 10.6 Å². The Labute approximate surface area is 268 Å². The topological polar surface area (TPSA) is 76.7 Å². The van der Waals surface area contributed by atoms with Crippen molar-refractivity contribution in [2.75, 3.05) is 26.3 Å². The Hall–Kier alpha value is -1.46. The van der Waals surface area contributed by atoms with E-state index in [9.17, 15) is 9.59 Å². The molecule has 0 unspecified atom stereocenters. The lowest BCUT2D eigenvalue weighted by Crippen LogP contribution is -2.27. The van der Waals surface area contributed by atoms with Gasteiger partial charge in [-0.2, -0.15) is 0 Å². The van der Waals surface area contributed by atoms with Gasteiger partial charge in [0.1, 0.15) is 0 Å². The molecule has 0 aromatic rings. The zero-order valence-corrected chi connectivity index (χ0v) is 29.0. The fourth-order valence-corrected chi connectivity index (χ4v) is 5.51. The first-order chi connectivity index (χ1) is 21.2. The van der Waals surface area contributed by atoms with Gasteiger partial charge in [-0.05, 0) is 12.8 Å². The van der Waals surface area contributed by atoms with E-state index in [-0.39, 0.29) is 25.4 Å². The summed E-state index contributed by atoms with van der Waals surface area (Å²) in [5.41, 5.74) is 0. The molecule has 0 radical (unpaired) electrons. The lowest BCUT2D eigenvalue weighted by molar-refractivity contribution is 0.118. The fourth-order valence-electron chi connectivity index (χ4n) is 5.51. The number of amides is 2. The lowest BCUT2D eigenvalue weighted by atomic mass is 10.0. The third kappa shape index (κ3) is 36.6. The summed E-state index contributed by atoms with van der Waals surface area (Å²) in [6, 6.07) is 0. The molecule has 0 heterocycles. The monoisotopic (exact) mass is 611 g/mol. The maximum atomic E-state index is 11.8. The smallest absolute Gasteiger partial charge is 0.407 e. The van der Waals surface area contributed by atoms with Crippen molar-refractivity contribution in [2.24, 2.45) is 0 Å². The normalized spacial score (nSPS) is 11.0. The van der Waals surface area contributed by atoms with Gasteiger partial charge < -0.3 is 20.1 Å². The van der Waals surface area contributed by atoms with E-state index < -0.39 is 0 Å². The summed E-state index contributed by atoms with van der Waals surface area (Å²) in [5.74, 6) is 0. The Morgan fingerprint density at radius 3 is 0.837 bits per heavy atom. The maximum absolute atomic E-state index is 11.8. The second-order valence-electron chi connectivity index (χ2n) is 12.7. The molecule has 43 heavy (non-hydrogen) atoms. The summed E-state index contributed by atoms with van der Waals surface area (Å²) < 4.78 is 10.3. The SMILES string of the molecule is CCCCCCCCCCCCCCCCNC(=O)OCCCOC(=O)NCCCCCCCCCCCCCCCC. The van der Waals surface area contributed by atoms with Crippen molar-refractivity contribution in [3.63, 3.8) is 0 Å². The van der Waals surface area contributed by atoms with E-state index in [1.165, 1.54) is 154 Å². The Bertz CT molecular complexity index is 525. The molecule has 0 spiro atoms. The Morgan fingerprint density at radius 1 is 0.349 bits per heavy atom. The summed E-state index contributed by atoms with van der Waals surface area (Å²) in [5, 5.41) is 5.63. The summed E-state index contributed by atoms with van der Waals surface area (Å²) in [6.45, 7) is 6.39. The third-order valence-corrected chi connectivity index (χ3v) is 8.35. The predicted molar refractivity (Wildman–Crippen MR) is 184 cm³/mol. The highest BCUT2D eigenvalue weighted by Gasteiger charge is 2.04. The largest absolute Gasteiger partial charge is 0.449 e. The van der Waals surface area contributed by atoms with E-state index in [1.54, 1.807) is 0 Å². The van der Waals surface area contributed by atoms with Crippen LogP contribution in [-0.4, -0.2) is 38.5 Å². The first-order valence-electron chi connectivity index (χ1n) is 19.0. The first kappa shape index (κ1) is 41.5. The summed E-state index contributed by atoms with van der Waals surface area (Å²) in [4.78, 5) is 23.6. The van der Waals surface area contributed by atoms with Crippen LogP contribution >= 0.6 is 0 Å². The molecule has 0 aromatic heterocycles. The van der Waals surface area contributed by atoms with Crippen molar-refractivity contribution in [3.05, 3.63) is 0 Å². The zero-order chi connectivity index (χ0) is 31.3. The van der Waals surface area contributed by atoms with Crippen LogP contribution in [0.1, 0.15) is 200 Å². The number of carbonyl (C=O) groups is 2. The number of ether oxygens (including phenoxy) is 2. The van der Waals surface area contributed by atoms with Gasteiger partial charge in [-0.15, -0.1) is 0 Å². The molecule has 0 atom stereocenters. The van der Waals surface area contributed by atoms with Crippen LogP contribution < -0.4 is 10.6 Å². The minimum Gasteiger partial charge on any atom is -0.449 e. The highest BCUT2D eigenvalue weighted by Crippen LogP contribution is 2.14. The Balaban J connectivity index is 3.25. The van der Waals surface area contributed by atoms with Gasteiger partial charge in [-0.1, -0.05) is 181 Å². The minimum absolute atomic E-state index is 0.261. The molecular weight excluding hydrogens is 536 g/mol. The average molecular weight is 611 g/mol. The molecule has 0 rings (SSSR count). The molecule has 256 valence electrons. The van der Waals surface area contributed by atoms with Crippen LogP contribution in [0.25, 0.3) is 0 Å². The molecule has 0 bridgehead atoms. The van der Waals surface area contributed by atoms with E-state index in [2.05, 4.69) is 24.5 Å². The van der Waals surface area contributed by atoms with Crippen LogP contribution in [0.15, 0.2) is 0 Å². The van der Waals surface area contributed by atoms with Gasteiger partial charge in [0, 0.05) is 19.5 Å². The number of unbranched alkanes of at least 4 members (excludes halogenated alkanes) is 26. The standard InChI is InChI=1S/C37H74N2O4/c1-3-5-7-9-11-13-15-17-19-21-23-25-27-29-32-38-36(40)42-34-31-35-43-37(41)39-33-30-28-26-24-22-20-18-16-14-12-10-8-6-4-2/h3-35H2,1-2H3,(H,38,40)(H,39,41). The Kier molecular flexibility index (Phi) is 35.5. The van der Waals surface area contributed by atoms with E-state index in [4.69, 9.17) is 9.47 Å². The van der Waals surface area contributed by atoms with E-state index in [0.717, 1.165) is 25.7 Å². The molecule has 2 amide bonds. The van der Waals surface area contributed by atoms with Crippen LogP contribution in [0, 0.1) is 0 Å². The number of hydrogen-bond acceptors (Lipinski definition) is 4. The number of hydrogen-bond donors (Lipinski definition) is 2.